The number of carbonyl (C=O) groups excluding carboxylic acids is 2. The van der Waals surface area contributed by atoms with Gasteiger partial charge in [-0.3, -0.25) is 19.8 Å². The number of ether oxygens (including phenoxy) is 1. The number of benzene rings is 1. The molecule has 1 N–H and O–H groups in total. The minimum absolute atomic E-state index is 0.0224. The number of anilines is 1. The van der Waals surface area contributed by atoms with Crippen LogP contribution in [0, 0.1) is 10.1 Å². The van der Waals surface area contributed by atoms with E-state index in [2.05, 4.69) is 9.88 Å². The van der Waals surface area contributed by atoms with Crippen LogP contribution in [0.5, 0.6) is 0 Å². The van der Waals surface area contributed by atoms with Gasteiger partial charge >= 0.3 is 6.09 Å². The number of aliphatic hydroxyl groups is 1. The number of hydrogen-bond acceptors (Lipinski definition) is 9. The molecule has 0 saturated carbocycles. The second-order valence-electron chi connectivity index (χ2n) is 7.66. The molecular formula is C20H23N5O6S. The summed E-state index contributed by atoms with van der Waals surface area (Å²) in [5, 5.41) is 23.7. The van der Waals surface area contributed by atoms with E-state index in [0.717, 1.165) is 5.13 Å². The zero-order valence-corrected chi connectivity index (χ0v) is 18.0. The van der Waals surface area contributed by atoms with E-state index >= 15 is 0 Å². The third-order valence-corrected chi connectivity index (χ3v) is 6.42. The Morgan fingerprint density at radius 1 is 1.22 bits per heavy atom. The van der Waals surface area contributed by atoms with Gasteiger partial charge in [-0.15, -0.1) is 11.3 Å². The van der Waals surface area contributed by atoms with Crippen LogP contribution in [-0.2, 0) is 16.1 Å². The number of β-amino-alcohol motifs (C(OH)–C–C–N with tert-alkyl or cyclic N) is 1. The molecule has 170 valence electrons. The Morgan fingerprint density at radius 2 is 1.94 bits per heavy atom. The monoisotopic (exact) mass is 461 g/mol. The quantitative estimate of drug-likeness (QED) is 0.523. The van der Waals surface area contributed by atoms with Crippen molar-refractivity contribution < 1.29 is 24.4 Å². The number of nitro benzene ring substituents is 1. The van der Waals surface area contributed by atoms with Crippen LogP contribution in [0.25, 0.3) is 0 Å². The Labute approximate surface area is 188 Å². The highest BCUT2D eigenvalue weighted by molar-refractivity contribution is 7.13. The summed E-state index contributed by atoms with van der Waals surface area (Å²) >= 11 is 1.55. The molecule has 1 aromatic heterocycles. The highest BCUT2D eigenvalue weighted by atomic mass is 32.1. The molecule has 0 bridgehead atoms. The minimum atomic E-state index is -0.799. The van der Waals surface area contributed by atoms with Crippen molar-refractivity contribution in [3.63, 3.8) is 0 Å². The molecule has 0 radical (unpaired) electrons. The van der Waals surface area contributed by atoms with E-state index in [1.54, 1.807) is 22.4 Å². The SMILES string of the molecule is O=C([C@@H]1C[C@@H](O)CN1C(=O)OCc1ccc([N+](=O)[O-])cc1)N1CCN(c2nccs2)CC1. The standard InChI is InChI=1S/C20H23N5O6S/c26-16-11-17(18(27)22-6-8-23(9-7-22)19-21-5-10-32-19)24(12-16)20(28)31-13-14-1-3-15(4-2-14)25(29)30/h1-5,10,16-17,26H,6-9,11-13H2/t16-,17+/m1/s1. The van der Waals surface area contributed by atoms with Crippen LogP contribution in [0.1, 0.15) is 12.0 Å². The summed E-state index contributed by atoms with van der Waals surface area (Å²) in [4.78, 5) is 45.4. The van der Waals surface area contributed by atoms with Crippen LogP contribution in [0.4, 0.5) is 15.6 Å². The van der Waals surface area contributed by atoms with Crippen LogP contribution in [-0.4, -0.2) is 81.7 Å². The molecule has 2 atom stereocenters. The van der Waals surface area contributed by atoms with E-state index in [1.165, 1.54) is 29.2 Å². The van der Waals surface area contributed by atoms with Crippen LogP contribution in [0.3, 0.4) is 0 Å². The Hall–Kier alpha value is -3.25. The van der Waals surface area contributed by atoms with Gasteiger partial charge in [-0.1, -0.05) is 0 Å². The third kappa shape index (κ3) is 4.81. The van der Waals surface area contributed by atoms with Gasteiger partial charge < -0.3 is 19.6 Å². The van der Waals surface area contributed by atoms with Crippen molar-refractivity contribution in [3.8, 4) is 0 Å². The summed E-state index contributed by atoms with van der Waals surface area (Å²) in [5.41, 5.74) is 0.535. The molecule has 32 heavy (non-hydrogen) atoms. The summed E-state index contributed by atoms with van der Waals surface area (Å²) in [6, 6.07) is 4.91. The first-order valence-corrected chi connectivity index (χ1v) is 11.1. The smallest absolute Gasteiger partial charge is 0.410 e. The molecule has 11 nitrogen and oxygen atoms in total. The molecule has 4 rings (SSSR count). The number of likely N-dealkylation sites (tertiary alicyclic amines) is 1. The van der Waals surface area contributed by atoms with Gasteiger partial charge in [0.1, 0.15) is 12.6 Å². The van der Waals surface area contributed by atoms with Gasteiger partial charge in [0.25, 0.3) is 5.69 Å². The van der Waals surface area contributed by atoms with Crippen molar-refractivity contribution in [1.29, 1.82) is 0 Å². The predicted molar refractivity (Wildman–Crippen MR) is 115 cm³/mol. The van der Waals surface area contributed by atoms with Gasteiger partial charge in [0, 0.05) is 56.3 Å². The molecule has 1 aromatic carbocycles. The van der Waals surface area contributed by atoms with E-state index in [-0.39, 0.29) is 31.2 Å². The fraction of sp³-hybridized carbons (Fsp3) is 0.450. The summed E-state index contributed by atoms with van der Waals surface area (Å²) in [7, 11) is 0. The molecule has 0 spiro atoms. The molecule has 12 heteroatoms. The van der Waals surface area contributed by atoms with Crippen molar-refractivity contribution >= 4 is 34.2 Å². The first-order valence-electron chi connectivity index (χ1n) is 10.2. The summed E-state index contributed by atoms with van der Waals surface area (Å²) in [6.45, 7) is 2.26. The lowest BCUT2D eigenvalue weighted by atomic mass is 10.1. The molecule has 2 aromatic rings. The van der Waals surface area contributed by atoms with Crippen LogP contribution < -0.4 is 4.90 Å². The van der Waals surface area contributed by atoms with Gasteiger partial charge in [-0.25, -0.2) is 9.78 Å². The number of aliphatic hydroxyl groups excluding tert-OH is 1. The summed E-state index contributed by atoms with van der Waals surface area (Å²) in [6.07, 6.45) is 0.419. The molecular weight excluding hydrogens is 438 g/mol. The second-order valence-corrected chi connectivity index (χ2v) is 8.54. The number of hydrogen-bond donors (Lipinski definition) is 1. The molecule has 3 heterocycles. The van der Waals surface area contributed by atoms with Gasteiger partial charge in [0.2, 0.25) is 5.91 Å². The number of aromatic nitrogens is 1. The van der Waals surface area contributed by atoms with Gasteiger partial charge in [0.15, 0.2) is 5.13 Å². The molecule has 0 aliphatic carbocycles. The maximum absolute atomic E-state index is 13.1. The van der Waals surface area contributed by atoms with Crippen molar-refractivity contribution in [2.75, 3.05) is 37.6 Å². The maximum Gasteiger partial charge on any atom is 0.410 e. The van der Waals surface area contributed by atoms with Crippen LogP contribution in [0.2, 0.25) is 0 Å². The van der Waals surface area contributed by atoms with Crippen LogP contribution >= 0.6 is 11.3 Å². The second kappa shape index (κ2) is 9.49. The zero-order chi connectivity index (χ0) is 22.7. The topological polar surface area (TPSA) is 129 Å². The van der Waals surface area contributed by atoms with Gasteiger partial charge in [0.05, 0.1) is 17.6 Å². The molecule has 2 aliphatic heterocycles. The number of nitro groups is 1. The van der Waals surface area contributed by atoms with Crippen molar-refractivity contribution in [1.82, 2.24) is 14.8 Å². The predicted octanol–water partition coefficient (Wildman–Crippen LogP) is 1.47. The molecule has 2 aliphatic rings. The lowest BCUT2D eigenvalue weighted by molar-refractivity contribution is -0.384. The lowest BCUT2D eigenvalue weighted by Gasteiger charge is -2.37. The zero-order valence-electron chi connectivity index (χ0n) is 17.2. The highest BCUT2D eigenvalue weighted by Gasteiger charge is 2.42. The average molecular weight is 462 g/mol. The molecule has 2 saturated heterocycles. The Morgan fingerprint density at radius 3 is 2.56 bits per heavy atom. The average Bonchev–Trinajstić information content (AvgIpc) is 3.47. The Bertz CT molecular complexity index is 961. The summed E-state index contributed by atoms with van der Waals surface area (Å²) in [5.74, 6) is -0.201. The van der Waals surface area contributed by atoms with Crippen molar-refractivity contribution in [2.24, 2.45) is 0 Å². The molecule has 2 amide bonds. The number of rotatable bonds is 5. The summed E-state index contributed by atoms with van der Waals surface area (Å²) < 4.78 is 5.31. The van der Waals surface area contributed by atoms with E-state index in [9.17, 15) is 24.8 Å². The third-order valence-electron chi connectivity index (χ3n) is 5.59. The number of thiazole rings is 1. The van der Waals surface area contributed by atoms with Gasteiger partial charge in [-0.2, -0.15) is 0 Å². The number of piperazine rings is 1. The van der Waals surface area contributed by atoms with E-state index < -0.39 is 23.2 Å². The van der Waals surface area contributed by atoms with Crippen LogP contribution in [0.15, 0.2) is 35.8 Å². The van der Waals surface area contributed by atoms with Crippen molar-refractivity contribution in [3.05, 3.63) is 51.5 Å². The Kier molecular flexibility index (Phi) is 6.51. The van der Waals surface area contributed by atoms with Gasteiger partial charge in [-0.05, 0) is 17.7 Å². The lowest BCUT2D eigenvalue weighted by Crippen LogP contribution is -2.54. The van der Waals surface area contributed by atoms with Crippen molar-refractivity contribution in [2.45, 2.75) is 25.2 Å². The molecule has 0 unspecified atom stereocenters. The van der Waals surface area contributed by atoms with E-state index in [1.807, 2.05) is 5.38 Å². The Balaban J connectivity index is 1.33. The maximum atomic E-state index is 13.1. The fourth-order valence-corrected chi connectivity index (χ4v) is 4.59. The largest absolute Gasteiger partial charge is 0.445 e. The van der Waals surface area contributed by atoms with E-state index in [0.29, 0.717) is 31.7 Å². The number of amides is 2. The first kappa shape index (κ1) is 22.0. The number of non-ortho nitro benzene ring substituents is 1. The minimum Gasteiger partial charge on any atom is -0.445 e. The van der Waals surface area contributed by atoms with E-state index in [4.69, 9.17) is 4.74 Å². The normalized spacial score (nSPS) is 21.0. The highest BCUT2D eigenvalue weighted by Crippen LogP contribution is 2.24. The first-order chi connectivity index (χ1) is 15.4. The number of carbonyl (C=O) groups is 2. The number of nitrogens with zero attached hydrogens (tertiary/aromatic N) is 5. The molecule has 2 fully saturated rings. The fourth-order valence-electron chi connectivity index (χ4n) is 3.89.